The van der Waals surface area contributed by atoms with E-state index in [1.165, 1.54) is 12.1 Å². The quantitative estimate of drug-likeness (QED) is 0.430. The Hall–Kier alpha value is -3.13. The van der Waals surface area contributed by atoms with Crippen molar-refractivity contribution in [3.8, 4) is 0 Å². The molecule has 3 N–H and O–H groups in total. The first-order valence-corrected chi connectivity index (χ1v) is 10.2. The Morgan fingerprint density at radius 2 is 2.10 bits per heavy atom. The van der Waals surface area contributed by atoms with Crippen LogP contribution in [0, 0.1) is 5.82 Å². The van der Waals surface area contributed by atoms with E-state index >= 15 is 0 Å². The van der Waals surface area contributed by atoms with Crippen LogP contribution in [0.5, 0.6) is 0 Å². The molecule has 3 heterocycles. The molecule has 0 spiro atoms. The van der Waals surface area contributed by atoms with Crippen LogP contribution < -0.4 is 15.5 Å². The Balaban J connectivity index is 1.32. The van der Waals surface area contributed by atoms with E-state index in [0.717, 1.165) is 66.5 Å². The molecule has 3 aromatic rings. The van der Waals surface area contributed by atoms with E-state index in [0.29, 0.717) is 13.1 Å². The van der Waals surface area contributed by atoms with Crippen molar-refractivity contribution in [1.82, 2.24) is 20.6 Å². The molecule has 8 heteroatoms. The zero-order valence-corrected chi connectivity index (χ0v) is 17.1. The molecule has 30 heavy (non-hydrogen) atoms. The van der Waals surface area contributed by atoms with Gasteiger partial charge in [0.15, 0.2) is 5.96 Å². The number of benzene rings is 1. The SMILES string of the molecule is CN=C(NCCc1c[nH]c2cc(F)ccc12)NCc1cccnc1N1CCOCC1. The summed E-state index contributed by atoms with van der Waals surface area (Å²) in [5, 5.41) is 7.77. The summed E-state index contributed by atoms with van der Waals surface area (Å²) in [6, 6.07) is 8.87. The number of guanidine groups is 1. The highest BCUT2D eigenvalue weighted by molar-refractivity contribution is 5.83. The van der Waals surface area contributed by atoms with Crippen LogP contribution in [0.3, 0.4) is 0 Å². The summed E-state index contributed by atoms with van der Waals surface area (Å²) in [4.78, 5) is 14.3. The number of anilines is 1. The number of aromatic nitrogens is 2. The van der Waals surface area contributed by atoms with Gasteiger partial charge in [0, 0.05) is 62.1 Å². The number of aromatic amines is 1. The molecule has 4 rings (SSSR count). The molecule has 7 nitrogen and oxygen atoms in total. The second-order valence-corrected chi connectivity index (χ2v) is 7.19. The Kier molecular flexibility index (Phi) is 6.44. The molecule has 0 aliphatic carbocycles. The third-order valence-corrected chi connectivity index (χ3v) is 5.26. The van der Waals surface area contributed by atoms with Crippen LogP contribution in [0.1, 0.15) is 11.1 Å². The number of halogens is 1. The van der Waals surface area contributed by atoms with Gasteiger partial charge in [-0.1, -0.05) is 6.07 Å². The molecule has 1 saturated heterocycles. The minimum absolute atomic E-state index is 0.231. The maximum atomic E-state index is 13.4. The summed E-state index contributed by atoms with van der Waals surface area (Å²) < 4.78 is 18.8. The van der Waals surface area contributed by atoms with Crippen molar-refractivity contribution in [2.24, 2.45) is 4.99 Å². The third-order valence-electron chi connectivity index (χ3n) is 5.26. The molecule has 0 saturated carbocycles. The van der Waals surface area contributed by atoms with Gasteiger partial charge in [-0.2, -0.15) is 0 Å². The number of hydrogen-bond acceptors (Lipinski definition) is 4. The van der Waals surface area contributed by atoms with Crippen molar-refractivity contribution in [3.05, 3.63) is 59.7 Å². The van der Waals surface area contributed by atoms with Gasteiger partial charge in [-0.3, -0.25) is 4.99 Å². The number of nitrogens with one attached hydrogen (secondary N) is 3. The number of aliphatic imine (C=N–C) groups is 1. The van der Waals surface area contributed by atoms with Crippen LogP contribution in [0.15, 0.2) is 47.7 Å². The summed E-state index contributed by atoms with van der Waals surface area (Å²) in [7, 11) is 1.76. The van der Waals surface area contributed by atoms with E-state index in [1.54, 1.807) is 7.05 Å². The van der Waals surface area contributed by atoms with Gasteiger partial charge in [-0.05, 0) is 36.2 Å². The van der Waals surface area contributed by atoms with Gasteiger partial charge in [-0.15, -0.1) is 0 Å². The maximum Gasteiger partial charge on any atom is 0.191 e. The molecule has 0 unspecified atom stereocenters. The van der Waals surface area contributed by atoms with Crippen LogP contribution in [0.2, 0.25) is 0 Å². The molecule has 1 fully saturated rings. The predicted molar refractivity (Wildman–Crippen MR) is 117 cm³/mol. The van der Waals surface area contributed by atoms with Crippen LogP contribution in [0.25, 0.3) is 10.9 Å². The van der Waals surface area contributed by atoms with Crippen LogP contribution in [0.4, 0.5) is 10.2 Å². The number of morpholine rings is 1. The fourth-order valence-electron chi connectivity index (χ4n) is 3.71. The fourth-order valence-corrected chi connectivity index (χ4v) is 3.71. The van der Waals surface area contributed by atoms with Crippen LogP contribution >= 0.6 is 0 Å². The lowest BCUT2D eigenvalue weighted by atomic mass is 10.1. The topological polar surface area (TPSA) is 77.6 Å². The highest BCUT2D eigenvalue weighted by Gasteiger charge is 2.16. The number of ether oxygens (including phenoxy) is 1. The second kappa shape index (κ2) is 9.58. The third kappa shape index (κ3) is 4.71. The summed E-state index contributed by atoms with van der Waals surface area (Å²) in [5.41, 5.74) is 3.09. The van der Waals surface area contributed by atoms with Crippen molar-refractivity contribution < 1.29 is 9.13 Å². The Morgan fingerprint density at radius 3 is 2.93 bits per heavy atom. The van der Waals surface area contributed by atoms with Crippen molar-refractivity contribution in [1.29, 1.82) is 0 Å². The van der Waals surface area contributed by atoms with E-state index in [9.17, 15) is 4.39 Å². The summed E-state index contributed by atoms with van der Waals surface area (Å²) >= 11 is 0. The van der Waals surface area contributed by atoms with E-state index < -0.39 is 0 Å². The molecular formula is C22H27FN6O. The average Bonchev–Trinajstić information content (AvgIpc) is 3.18. The monoisotopic (exact) mass is 410 g/mol. The zero-order valence-electron chi connectivity index (χ0n) is 17.1. The Morgan fingerprint density at radius 1 is 1.23 bits per heavy atom. The van der Waals surface area contributed by atoms with Crippen molar-refractivity contribution in [2.45, 2.75) is 13.0 Å². The number of nitrogens with zero attached hydrogens (tertiary/aromatic N) is 3. The van der Waals surface area contributed by atoms with E-state index in [1.807, 2.05) is 24.5 Å². The summed E-state index contributed by atoms with van der Waals surface area (Å²) in [5.74, 6) is 1.50. The maximum absolute atomic E-state index is 13.4. The lowest BCUT2D eigenvalue weighted by Crippen LogP contribution is -2.40. The van der Waals surface area contributed by atoms with E-state index in [4.69, 9.17) is 4.74 Å². The lowest BCUT2D eigenvalue weighted by Gasteiger charge is -2.29. The average molecular weight is 410 g/mol. The number of rotatable bonds is 6. The van der Waals surface area contributed by atoms with Crippen LogP contribution in [-0.2, 0) is 17.7 Å². The first-order chi connectivity index (χ1) is 14.7. The van der Waals surface area contributed by atoms with Gasteiger partial charge in [-0.25, -0.2) is 9.37 Å². The molecule has 1 aromatic carbocycles. The summed E-state index contributed by atoms with van der Waals surface area (Å²) in [6.45, 7) is 4.51. The van der Waals surface area contributed by atoms with Gasteiger partial charge in [0.05, 0.1) is 13.2 Å². The van der Waals surface area contributed by atoms with Gasteiger partial charge in [0.25, 0.3) is 0 Å². The van der Waals surface area contributed by atoms with Gasteiger partial charge < -0.3 is 25.3 Å². The standard InChI is InChI=1S/C22H27FN6O/c1-24-22(26-8-6-16-14-27-20-13-18(23)4-5-19(16)20)28-15-17-3-2-7-25-21(17)29-9-11-30-12-10-29/h2-5,7,13-14,27H,6,8-12,15H2,1H3,(H2,24,26,28). The molecule has 1 aliphatic heterocycles. The van der Waals surface area contributed by atoms with E-state index in [2.05, 4.69) is 36.6 Å². The number of pyridine rings is 1. The molecule has 1 aliphatic rings. The highest BCUT2D eigenvalue weighted by Crippen LogP contribution is 2.20. The minimum Gasteiger partial charge on any atom is -0.378 e. The first kappa shape index (κ1) is 20.2. The second-order valence-electron chi connectivity index (χ2n) is 7.19. The Labute approximate surface area is 175 Å². The minimum atomic E-state index is -0.231. The molecule has 2 aromatic heterocycles. The highest BCUT2D eigenvalue weighted by atomic mass is 19.1. The smallest absolute Gasteiger partial charge is 0.191 e. The lowest BCUT2D eigenvalue weighted by molar-refractivity contribution is 0.122. The molecular weight excluding hydrogens is 383 g/mol. The zero-order chi connectivity index (χ0) is 20.8. The van der Waals surface area contributed by atoms with Crippen molar-refractivity contribution in [3.63, 3.8) is 0 Å². The van der Waals surface area contributed by atoms with Gasteiger partial charge in [0.1, 0.15) is 11.6 Å². The van der Waals surface area contributed by atoms with Crippen molar-refractivity contribution >= 4 is 22.7 Å². The fraction of sp³-hybridized carbons (Fsp3) is 0.364. The van der Waals surface area contributed by atoms with Gasteiger partial charge in [0.2, 0.25) is 0 Å². The molecule has 0 bridgehead atoms. The normalized spacial score (nSPS) is 14.9. The first-order valence-electron chi connectivity index (χ1n) is 10.2. The number of hydrogen-bond donors (Lipinski definition) is 3. The Bertz CT molecular complexity index is 1010. The predicted octanol–water partition coefficient (Wildman–Crippen LogP) is 2.45. The largest absolute Gasteiger partial charge is 0.378 e. The number of fused-ring (bicyclic) bond motifs is 1. The van der Waals surface area contributed by atoms with Crippen LogP contribution in [-0.4, -0.2) is 55.8 Å². The molecule has 0 amide bonds. The van der Waals surface area contributed by atoms with Crippen molar-refractivity contribution in [2.75, 3.05) is 44.8 Å². The summed E-state index contributed by atoms with van der Waals surface area (Å²) in [6.07, 6.45) is 4.57. The molecule has 0 atom stereocenters. The van der Waals surface area contributed by atoms with Gasteiger partial charge >= 0.3 is 0 Å². The molecule has 0 radical (unpaired) electrons. The number of H-pyrrole nitrogens is 1. The molecule has 158 valence electrons. The van der Waals surface area contributed by atoms with E-state index in [-0.39, 0.29) is 5.82 Å².